The highest BCUT2D eigenvalue weighted by molar-refractivity contribution is 8.01. The monoisotopic (exact) mass is 339 g/mol. The normalized spacial score (nSPS) is 28.0. The number of hydrogen-bond donors (Lipinski definition) is 2. The zero-order valence-electron chi connectivity index (χ0n) is 13.9. The van der Waals surface area contributed by atoms with Gasteiger partial charge in [-0.25, -0.2) is 0 Å². The van der Waals surface area contributed by atoms with Gasteiger partial charge in [0.2, 0.25) is 11.8 Å². The van der Waals surface area contributed by atoms with E-state index in [4.69, 9.17) is 5.73 Å². The van der Waals surface area contributed by atoms with Gasteiger partial charge in [0, 0.05) is 11.8 Å². The van der Waals surface area contributed by atoms with Crippen molar-refractivity contribution in [3.8, 4) is 0 Å². The van der Waals surface area contributed by atoms with Crippen LogP contribution in [-0.4, -0.2) is 46.0 Å². The van der Waals surface area contributed by atoms with Crippen molar-refractivity contribution in [1.29, 1.82) is 0 Å². The summed E-state index contributed by atoms with van der Waals surface area (Å²) in [5.74, 6) is 0.680. The van der Waals surface area contributed by atoms with Crippen LogP contribution in [0.1, 0.15) is 64.2 Å². The van der Waals surface area contributed by atoms with Gasteiger partial charge < -0.3 is 16.0 Å². The molecule has 6 heteroatoms. The van der Waals surface area contributed by atoms with Crippen LogP contribution in [0.25, 0.3) is 0 Å². The van der Waals surface area contributed by atoms with Crippen LogP contribution in [0, 0.1) is 0 Å². The fourth-order valence-corrected chi connectivity index (χ4v) is 6.10. The van der Waals surface area contributed by atoms with Gasteiger partial charge in [0.25, 0.3) is 0 Å². The Kier molecular flexibility index (Phi) is 5.52. The average molecular weight is 340 g/mol. The Bertz CT molecular complexity index is 445. The molecule has 0 bridgehead atoms. The van der Waals surface area contributed by atoms with Gasteiger partial charge in [0.05, 0.1) is 11.4 Å². The molecule has 130 valence electrons. The van der Waals surface area contributed by atoms with Crippen molar-refractivity contribution in [1.82, 2.24) is 10.2 Å². The lowest BCUT2D eigenvalue weighted by molar-refractivity contribution is -0.142. The molecule has 2 saturated carbocycles. The topological polar surface area (TPSA) is 75.4 Å². The minimum Gasteiger partial charge on any atom is -0.352 e. The largest absolute Gasteiger partial charge is 0.352 e. The molecule has 0 radical (unpaired) electrons. The number of amides is 2. The van der Waals surface area contributed by atoms with E-state index in [1.807, 2.05) is 4.90 Å². The summed E-state index contributed by atoms with van der Waals surface area (Å²) in [5.41, 5.74) is 5.66. The van der Waals surface area contributed by atoms with Crippen molar-refractivity contribution >= 4 is 23.6 Å². The third-order valence-electron chi connectivity index (χ3n) is 5.59. The van der Waals surface area contributed by atoms with Gasteiger partial charge in [-0.2, -0.15) is 0 Å². The van der Waals surface area contributed by atoms with Crippen LogP contribution in [0.15, 0.2) is 0 Å². The van der Waals surface area contributed by atoms with E-state index in [0.29, 0.717) is 11.8 Å². The molecule has 2 amide bonds. The van der Waals surface area contributed by atoms with Crippen molar-refractivity contribution in [3.63, 3.8) is 0 Å². The maximum atomic E-state index is 12.8. The molecule has 1 spiro atoms. The van der Waals surface area contributed by atoms with Crippen LogP contribution in [0.5, 0.6) is 0 Å². The van der Waals surface area contributed by atoms with Crippen LogP contribution < -0.4 is 11.1 Å². The van der Waals surface area contributed by atoms with E-state index < -0.39 is 0 Å². The van der Waals surface area contributed by atoms with Gasteiger partial charge in [-0.1, -0.05) is 38.5 Å². The van der Waals surface area contributed by atoms with Gasteiger partial charge in [0.1, 0.15) is 6.04 Å². The van der Waals surface area contributed by atoms with Gasteiger partial charge in [-0.3, -0.25) is 9.59 Å². The van der Waals surface area contributed by atoms with E-state index in [-0.39, 0.29) is 29.3 Å². The number of rotatable bonds is 3. The van der Waals surface area contributed by atoms with E-state index >= 15 is 0 Å². The number of nitrogens with zero attached hydrogens (tertiary/aromatic N) is 1. The second-order valence-electron chi connectivity index (χ2n) is 7.15. The van der Waals surface area contributed by atoms with Crippen LogP contribution in [-0.2, 0) is 9.59 Å². The summed E-state index contributed by atoms with van der Waals surface area (Å²) < 4.78 is 0. The van der Waals surface area contributed by atoms with E-state index in [1.54, 1.807) is 11.8 Å². The number of nitrogens with two attached hydrogens (primary N) is 1. The van der Waals surface area contributed by atoms with E-state index in [1.165, 1.54) is 25.7 Å². The lowest BCUT2D eigenvalue weighted by Crippen LogP contribution is -2.58. The first-order chi connectivity index (χ1) is 11.2. The zero-order chi connectivity index (χ0) is 16.3. The molecule has 23 heavy (non-hydrogen) atoms. The average Bonchev–Trinajstić information content (AvgIpc) is 2.94. The Hall–Kier alpha value is -0.750. The second-order valence-corrected chi connectivity index (χ2v) is 8.53. The summed E-state index contributed by atoms with van der Waals surface area (Å²) in [6.45, 7) is -0.00445. The Morgan fingerprint density at radius 3 is 2.39 bits per heavy atom. The summed E-state index contributed by atoms with van der Waals surface area (Å²) in [7, 11) is 0. The Labute approximate surface area is 143 Å². The molecule has 1 atom stereocenters. The highest BCUT2D eigenvalue weighted by atomic mass is 32.2. The highest BCUT2D eigenvalue weighted by Crippen LogP contribution is 2.49. The minimum atomic E-state index is -0.337. The molecule has 3 rings (SSSR count). The summed E-state index contributed by atoms with van der Waals surface area (Å²) >= 11 is 1.80. The van der Waals surface area contributed by atoms with Crippen LogP contribution >= 0.6 is 11.8 Å². The van der Waals surface area contributed by atoms with Gasteiger partial charge in [0.15, 0.2) is 0 Å². The Morgan fingerprint density at radius 1 is 1.09 bits per heavy atom. The first-order valence-corrected chi connectivity index (χ1v) is 10.1. The Morgan fingerprint density at radius 2 is 1.74 bits per heavy atom. The molecule has 5 nitrogen and oxygen atoms in total. The lowest BCUT2D eigenvalue weighted by atomic mass is 9.92. The molecule has 2 aliphatic carbocycles. The first-order valence-electron chi connectivity index (χ1n) is 9.13. The molecule has 3 aliphatic rings. The summed E-state index contributed by atoms with van der Waals surface area (Å²) in [5, 5.41) is 3.20. The van der Waals surface area contributed by atoms with E-state index in [2.05, 4.69) is 5.32 Å². The number of carbonyl (C=O) groups excluding carboxylic acids is 2. The molecular weight excluding hydrogens is 310 g/mol. The molecule has 3 N–H and O–H groups in total. The number of nitrogens with one attached hydrogen (secondary N) is 1. The van der Waals surface area contributed by atoms with Crippen LogP contribution in [0.4, 0.5) is 0 Å². The maximum absolute atomic E-state index is 12.8. The van der Waals surface area contributed by atoms with Gasteiger partial charge in [-0.15, -0.1) is 11.8 Å². The molecule has 1 heterocycles. The molecule has 1 saturated heterocycles. The van der Waals surface area contributed by atoms with Crippen molar-refractivity contribution in [2.24, 2.45) is 5.73 Å². The third-order valence-corrected chi connectivity index (χ3v) is 7.22. The van der Waals surface area contributed by atoms with Crippen molar-refractivity contribution in [2.45, 2.75) is 81.2 Å². The summed E-state index contributed by atoms with van der Waals surface area (Å²) in [4.78, 5) is 27.0. The number of carbonyl (C=O) groups is 2. The van der Waals surface area contributed by atoms with Gasteiger partial charge >= 0.3 is 0 Å². The Balaban J connectivity index is 1.71. The number of hydrogen-bond acceptors (Lipinski definition) is 4. The zero-order valence-corrected chi connectivity index (χ0v) is 14.7. The standard InChI is InChI=1S/C17H29N3O2S/c18-11-15(21)20-14(12-23-17(20)9-5-2-6-10-17)16(22)19-13-7-3-1-4-8-13/h13-14H,1-12,18H2,(H,19,22)/t14-/m0/s1. The van der Waals surface area contributed by atoms with E-state index in [0.717, 1.165) is 38.5 Å². The predicted octanol–water partition coefficient (Wildman–Crippen LogP) is 2.00. The third kappa shape index (κ3) is 3.53. The smallest absolute Gasteiger partial charge is 0.243 e. The molecule has 1 aliphatic heterocycles. The lowest BCUT2D eigenvalue weighted by Gasteiger charge is -2.42. The number of thioether (sulfide) groups is 1. The quantitative estimate of drug-likeness (QED) is 0.825. The SMILES string of the molecule is NCC(=O)N1[C@H](C(=O)NC2CCCCC2)CSC12CCCCC2. The fraction of sp³-hybridized carbons (Fsp3) is 0.882. The molecule has 0 aromatic rings. The fourth-order valence-electron chi connectivity index (χ4n) is 4.39. The van der Waals surface area contributed by atoms with Crippen LogP contribution in [0.3, 0.4) is 0 Å². The molecule has 3 fully saturated rings. The molecule has 0 aromatic heterocycles. The first kappa shape index (κ1) is 17.1. The predicted molar refractivity (Wildman–Crippen MR) is 93.0 cm³/mol. The maximum Gasteiger partial charge on any atom is 0.243 e. The summed E-state index contributed by atoms with van der Waals surface area (Å²) in [6.07, 6.45) is 11.3. The van der Waals surface area contributed by atoms with Crippen molar-refractivity contribution < 1.29 is 9.59 Å². The van der Waals surface area contributed by atoms with Crippen molar-refractivity contribution in [2.75, 3.05) is 12.3 Å². The molecule has 0 unspecified atom stereocenters. The van der Waals surface area contributed by atoms with Gasteiger partial charge in [-0.05, 0) is 25.7 Å². The highest BCUT2D eigenvalue weighted by Gasteiger charge is 2.51. The minimum absolute atomic E-state index is 0.00445. The second kappa shape index (κ2) is 7.43. The molecule has 0 aromatic carbocycles. The van der Waals surface area contributed by atoms with Crippen molar-refractivity contribution in [3.05, 3.63) is 0 Å². The van der Waals surface area contributed by atoms with E-state index in [9.17, 15) is 9.59 Å². The van der Waals surface area contributed by atoms with Crippen LogP contribution in [0.2, 0.25) is 0 Å². The molecular formula is C17H29N3O2S. The summed E-state index contributed by atoms with van der Waals surface area (Å²) in [6, 6.07) is -0.0462.